The Balaban J connectivity index is 2.78. The molecule has 20 heavy (non-hydrogen) atoms. The van der Waals surface area contributed by atoms with Gasteiger partial charge in [-0.15, -0.1) is 0 Å². The molecule has 0 aliphatic rings. The monoisotopic (exact) mass is 277 g/mol. The Morgan fingerprint density at radius 2 is 2.00 bits per heavy atom. The lowest BCUT2D eigenvalue weighted by molar-refractivity contribution is 0.0512. The molecular weight excluding hydrogens is 258 g/mol. The number of ether oxygens (including phenoxy) is 1. The number of phenolic OH excluding ortho intramolecular Hbond substituents is 1. The van der Waals surface area contributed by atoms with Crippen LogP contribution in [0.2, 0.25) is 0 Å². The minimum absolute atomic E-state index is 0.0739. The van der Waals surface area contributed by atoms with E-state index in [1.54, 1.807) is 23.6 Å². The van der Waals surface area contributed by atoms with E-state index < -0.39 is 5.97 Å². The van der Waals surface area contributed by atoms with Crippen LogP contribution >= 0.6 is 0 Å². The fourth-order valence-corrected chi connectivity index (χ4v) is 2.62. The van der Waals surface area contributed by atoms with E-state index in [-0.39, 0.29) is 12.4 Å². The van der Waals surface area contributed by atoms with Crippen LogP contribution in [0.15, 0.2) is 12.1 Å². The zero-order valence-electron chi connectivity index (χ0n) is 11.9. The zero-order valence-corrected chi connectivity index (χ0v) is 11.9. The van der Waals surface area contributed by atoms with Crippen molar-refractivity contribution >= 4 is 16.9 Å². The number of fused-ring (bicyclic) bond motifs is 1. The SMILES string of the molecule is CCOC(=O)c1c(C)c2c(C)c(O)ccc2n1CCO. The van der Waals surface area contributed by atoms with Gasteiger partial charge in [-0.05, 0) is 38.5 Å². The van der Waals surface area contributed by atoms with E-state index in [2.05, 4.69) is 0 Å². The van der Waals surface area contributed by atoms with Gasteiger partial charge < -0.3 is 19.5 Å². The first-order chi connectivity index (χ1) is 9.52. The highest BCUT2D eigenvalue weighted by Crippen LogP contribution is 2.33. The first-order valence-corrected chi connectivity index (χ1v) is 6.62. The summed E-state index contributed by atoms with van der Waals surface area (Å²) in [4.78, 5) is 12.1. The normalized spacial score (nSPS) is 11.0. The molecule has 1 aromatic carbocycles. The van der Waals surface area contributed by atoms with E-state index in [1.165, 1.54) is 0 Å². The summed E-state index contributed by atoms with van der Waals surface area (Å²) in [6.07, 6.45) is 0. The van der Waals surface area contributed by atoms with Crippen LogP contribution < -0.4 is 0 Å². The molecule has 0 spiro atoms. The van der Waals surface area contributed by atoms with Crippen LogP contribution in [0, 0.1) is 13.8 Å². The molecule has 1 aromatic heterocycles. The van der Waals surface area contributed by atoms with E-state index in [4.69, 9.17) is 4.74 Å². The van der Waals surface area contributed by atoms with Gasteiger partial charge in [-0.25, -0.2) is 4.79 Å². The van der Waals surface area contributed by atoms with Crippen LogP contribution in [0.1, 0.15) is 28.5 Å². The number of hydrogen-bond acceptors (Lipinski definition) is 4. The van der Waals surface area contributed by atoms with Crippen molar-refractivity contribution in [2.45, 2.75) is 27.3 Å². The van der Waals surface area contributed by atoms with E-state index in [0.29, 0.717) is 18.8 Å². The Kier molecular flexibility index (Phi) is 3.99. The molecule has 0 unspecified atom stereocenters. The smallest absolute Gasteiger partial charge is 0.355 e. The number of aryl methyl sites for hydroxylation is 2. The summed E-state index contributed by atoms with van der Waals surface area (Å²) in [5, 5.41) is 19.9. The molecule has 0 fully saturated rings. The van der Waals surface area contributed by atoms with Crippen LogP contribution in [0.4, 0.5) is 0 Å². The summed E-state index contributed by atoms with van der Waals surface area (Å²) >= 11 is 0. The number of phenols is 1. The molecule has 0 bridgehead atoms. The maximum atomic E-state index is 12.1. The van der Waals surface area contributed by atoms with Crippen molar-refractivity contribution in [1.82, 2.24) is 4.57 Å². The van der Waals surface area contributed by atoms with Gasteiger partial charge in [0, 0.05) is 23.0 Å². The molecule has 2 N–H and O–H groups in total. The molecular formula is C15H19NO4. The summed E-state index contributed by atoms with van der Waals surface area (Å²) < 4.78 is 6.84. The first kappa shape index (κ1) is 14.4. The van der Waals surface area contributed by atoms with Crippen molar-refractivity contribution in [2.75, 3.05) is 13.2 Å². The van der Waals surface area contributed by atoms with Gasteiger partial charge in [0.25, 0.3) is 0 Å². The average Bonchev–Trinajstić information content (AvgIpc) is 2.68. The van der Waals surface area contributed by atoms with Gasteiger partial charge in [0.1, 0.15) is 11.4 Å². The number of aliphatic hydroxyl groups is 1. The van der Waals surface area contributed by atoms with Crippen molar-refractivity contribution in [3.8, 4) is 5.75 Å². The van der Waals surface area contributed by atoms with Gasteiger partial charge >= 0.3 is 5.97 Å². The predicted octanol–water partition coefficient (Wildman–Crippen LogP) is 2.13. The van der Waals surface area contributed by atoms with Crippen molar-refractivity contribution in [3.63, 3.8) is 0 Å². The Hall–Kier alpha value is -2.01. The van der Waals surface area contributed by atoms with Gasteiger partial charge in [0.05, 0.1) is 13.2 Å². The standard InChI is InChI=1S/C15H19NO4/c1-4-20-15(19)14-10(3)13-9(2)12(18)6-5-11(13)16(14)7-8-17/h5-6,17-18H,4,7-8H2,1-3H3. The average molecular weight is 277 g/mol. The number of aromatic nitrogens is 1. The molecule has 0 saturated heterocycles. The van der Waals surface area contributed by atoms with E-state index in [1.807, 2.05) is 13.8 Å². The molecule has 2 aromatic rings. The number of benzene rings is 1. The van der Waals surface area contributed by atoms with Crippen molar-refractivity contribution in [3.05, 3.63) is 29.0 Å². The third kappa shape index (κ3) is 2.14. The summed E-state index contributed by atoms with van der Waals surface area (Å²) in [5.41, 5.74) is 2.74. The van der Waals surface area contributed by atoms with E-state index >= 15 is 0 Å². The highest BCUT2D eigenvalue weighted by molar-refractivity contribution is 6.00. The van der Waals surface area contributed by atoms with Crippen LogP contribution in [0.25, 0.3) is 10.9 Å². The molecule has 5 heteroatoms. The highest BCUT2D eigenvalue weighted by Gasteiger charge is 2.22. The maximum Gasteiger partial charge on any atom is 0.355 e. The highest BCUT2D eigenvalue weighted by atomic mass is 16.5. The molecule has 0 amide bonds. The van der Waals surface area contributed by atoms with Gasteiger partial charge in [-0.2, -0.15) is 0 Å². The van der Waals surface area contributed by atoms with Crippen LogP contribution in [-0.4, -0.2) is 34.0 Å². The number of hydrogen-bond donors (Lipinski definition) is 2. The molecule has 0 radical (unpaired) electrons. The Morgan fingerprint density at radius 1 is 1.30 bits per heavy atom. The quantitative estimate of drug-likeness (QED) is 0.840. The number of esters is 1. The Bertz CT molecular complexity index is 658. The third-order valence-electron chi connectivity index (χ3n) is 3.50. The van der Waals surface area contributed by atoms with Crippen LogP contribution in [0.5, 0.6) is 5.75 Å². The zero-order chi connectivity index (χ0) is 14.9. The fourth-order valence-electron chi connectivity index (χ4n) is 2.62. The number of aliphatic hydroxyl groups excluding tert-OH is 1. The minimum Gasteiger partial charge on any atom is -0.508 e. The number of rotatable bonds is 4. The summed E-state index contributed by atoms with van der Waals surface area (Å²) in [5.74, 6) is -0.217. The lowest BCUT2D eigenvalue weighted by atomic mass is 10.1. The Labute approximate surface area is 117 Å². The summed E-state index contributed by atoms with van der Waals surface area (Å²) in [6.45, 7) is 5.92. The minimum atomic E-state index is -0.409. The lowest BCUT2D eigenvalue weighted by Gasteiger charge is -2.09. The first-order valence-electron chi connectivity index (χ1n) is 6.62. The van der Waals surface area contributed by atoms with Crippen molar-refractivity contribution in [2.24, 2.45) is 0 Å². The molecule has 0 saturated carbocycles. The van der Waals surface area contributed by atoms with Gasteiger partial charge in [0.15, 0.2) is 0 Å². The van der Waals surface area contributed by atoms with Gasteiger partial charge in [-0.3, -0.25) is 0 Å². The van der Waals surface area contributed by atoms with Crippen molar-refractivity contribution in [1.29, 1.82) is 0 Å². The number of nitrogens with zero attached hydrogens (tertiary/aromatic N) is 1. The predicted molar refractivity (Wildman–Crippen MR) is 76.1 cm³/mol. The third-order valence-corrected chi connectivity index (χ3v) is 3.50. The summed E-state index contributed by atoms with van der Waals surface area (Å²) in [6, 6.07) is 3.35. The second-order valence-corrected chi connectivity index (χ2v) is 4.67. The number of carbonyl (C=O) groups is 1. The molecule has 0 aliphatic carbocycles. The Morgan fingerprint density at radius 3 is 2.60 bits per heavy atom. The van der Waals surface area contributed by atoms with E-state index in [0.717, 1.165) is 22.0 Å². The topological polar surface area (TPSA) is 71.7 Å². The molecule has 2 rings (SSSR count). The largest absolute Gasteiger partial charge is 0.508 e. The summed E-state index contributed by atoms with van der Waals surface area (Å²) in [7, 11) is 0. The maximum absolute atomic E-state index is 12.1. The van der Waals surface area contributed by atoms with Crippen LogP contribution in [-0.2, 0) is 11.3 Å². The van der Waals surface area contributed by atoms with Gasteiger partial charge in [-0.1, -0.05) is 0 Å². The van der Waals surface area contributed by atoms with E-state index in [9.17, 15) is 15.0 Å². The molecule has 5 nitrogen and oxygen atoms in total. The lowest BCUT2D eigenvalue weighted by Crippen LogP contribution is -2.14. The molecule has 0 atom stereocenters. The second kappa shape index (κ2) is 5.54. The second-order valence-electron chi connectivity index (χ2n) is 4.67. The van der Waals surface area contributed by atoms with Crippen molar-refractivity contribution < 1.29 is 19.7 Å². The molecule has 0 aliphatic heterocycles. The molecule has 1 heterocycles. The number of carbonyl (C=O) groups excluding carboxylic acids is 1. The van der Waals surface area contributed by atoms with Gasteiger partial charge in [0.2, 0.25) is 0 Å². The fraction of sp³-hybridized carbons (Fsp3) is 0.400. The van der Waals surface area contributed by atoms with Crippen LogP contribution in [0.3, 0.4) is 0 Å². The molecule has 108 valence electrons. The number of aromatic hydroxyl groups is 1.